The van der Waals surface area contributed by atoms with Crippen LogP contribution in [0.4, 0.5) is 11.4 Å². The van der Waals surface area contributed by atoms with Crippen LogP contribution in [0.2, 0.25) is 0 Å². The van der Waals surface area contributed by atoms with Crippen molar-refractivity contribution in [2.24, 2.45) is 0 Å². The molecule has 0 amide bonds. The second kappa shape index (κ2) is 7.26. The highest BCUT2D eigenvalue weighted by atomic mass is 16.5. The molecule has 0 aliphatic carbocycles. The van der Waals surface area contributed by atoms with Crippen LogP contribution in [-0.2, 0) is 6.42 Å². The first kappa shape index (κ1) is 17.5. The topological polar surface area (TPSA) is 47.7 Å². The predicted octanol–water partition coefficient (Wildman–Crippen LogP) is 4.28. The molecule has 25 heavy (non-hydrogen) atoms. The Bertz CT molecular complexity index is 710. The van der Waals surface area contributed by atoms with E-state index in [1.165, 1.54) is 5.56 Å². The van der Waals surface area contributed by atoms with Crippen LogP contribution in [-0.4, -0.2) is 25.3 Å². The maximum absolute atomic E-state index is 6.07. The van der Waals surface area contributed by atoms with Crippen molar-refractivity contribution in [2.45, 2.75) is 39.2 Å². The third-order valence-electron chi connectivity index (χ3n) is 4.45. The van der Waals surface area contributed by atoms with E-state index in [-0.39, 0.29) is 5.60 Å². The molecular formula is C21H28N2O2. The summed E-state index contributed by atoms with van der Waals surface area (Å²) in [7, 11) is 0. The quantitative estimate of drug-likeness (QED) is 0.630. The molecular weight excluding hydrogens is 312 g/mol. The lowest BCUT2D eigenvalue weighted by Gasteiger charge is -2.41. The van der Waals surface area contributed by atoms with Crippen molar-refractivity contribution >= 4 is 11.4 Å². The van der Waals surface area contributed by atoms with Crippen molar-refractivity contribution in [1.29, 1.82) is 0 Å². The van der Waals surface area contributed by atoms with Gasteiger partial charge in [0, 0.05) is 12.2 Å². The van der Waals surface area contributed by atoms with E-state index in [9.17, 15) is 0 Å². The molecule has 134 valence electrons. The molecule has 0 fully saturated rings. The van der Waals surface area contributed by atoms with Crippen molar-refractivity contribution in [1.82, 2.24) is 0 Å². The molecule has 2 aromatic carbocycles. The minimum Gasteiger partial charge on any atom is -0.494 e. The summed E-state index contributed by atoms with van der Waals surface area (Å²) in [6.45, 7) is 8.84. The van der Waals surface area contributed by atoms with Crippen LogP contribution in [0.1, 0.15) is 32.8 Å². The van der Waals surface area contributed by atoms with Gasteiger partial charge in [-0.15, -0.1) is 0 Å². The fourth-order valence-electron chi connectivity index (χ4n) is 3.21. The number of benzene rings is 2. The third kappa shape index (κ3) is 4.38. The average molecular weight is 340 g/mol. The Morgan fingerprint density at radius 3 is 2.64 bits per heavy atom. The highest BCUT2D eigenvalue weighted by Gasteiger charge is 2.31. The molecule has 0 spiro atoms. The number of rotatable bonds is 6. The molecule has 3 rings (SSSR count). The SMILES string of the molecule is CCc1ccc(OCCCN2CC(C)(C)Oc3ccc(N)cc32)cc1. The number of nitrogens with zero attached hydrogens (tertiary/aromatic N) is 1. The van der Waals surface area contributed by atoms with Crippen LogP contribution in [0.5, 0.6) is 11.5 Å². The van der Waals surface area contributed by atoms with Crippen LogP contribution < -0.4 is 20.1 Å². The Balaban J connectivity index is 1.58. The Morgan fingerprint density at radius 2 is 1.92 bits per heavy atom. The van der Waals surface area contributed by atoms with Crippen LogP contribution in [0, 0.1) is 0 Å². The zero-order valence-corrected chi connectivity index (χ0v) is 15.4. The van der Waals surface area contributed by atoms with Crippen molar-refractivity contribution in [3.63, 3.8) is 0 Å². The third-order valence-corrected chi connectivity index (χ3v) is 4.45. The van der Waals surface area contributed by atoms with E-state index in [0.29, 0.717) is 6.61 Å². The predicted molar refractivity (Wildman–Crippen MR) is 104 cm³/mol. The minimum absolute atomic E-state index is 0.208. The molecule has 4 heteroatoms. The van der Waals surface area contributed by atoms with Gasteiger partial charge in [-0.1, -0.05) is 19.1 Å². The lowest BCUT2D eigenvalue weighted by molar-refractivity contribution is 0.104. The molecule has 4 nitrogen and oxygen atoms in total. The molecule has 0 aromatic heterocycles. The van der Waals surface area contributed by atoms with Crippen LogP contribution in [0.3, 0.4) is 0 Å². The van der Waals surface area contributed by atoms with Gasteiger partial charge in [-0.05, 0) is 62.6 Å². The largest absolute Gasteiger partial charge is 0.494 e. The highest BCUT2D eigenvalue weighted by Crippen LogP contribution is 2.38. The second-order valence-electron chi connectivity index (χ2n) is 7.21. The molecule has 1 aliphatic rings. The van der Waals surface area contributed by atoms with E-state index in [1.807, 2.05) is 30.3 Å². The van der Waals surface area contributed by atoms with Gasteiger partial charge in [0.05, 0.1) is 18.8 Å². The first-order valence-corrected chi connectivity index (χ1v) is 9.02. The van der Waals surface area contributed by atoms with Gasteiger partial charge in [-0.3, -0.25) is 0 Å². The van der Waals surface area contributed by atoms with E-state index in [4.69, 9.17) is 15.2 Å². The lowest BCUT2D eigenvalue weighted by atomic mass is 10.0. The summed E-state index contributed by atoms with van der Waals surface area (Å²) >= 11 is 0. The van der Waals surface area contributed by atoms with Gasteiger partial charge in [0.25, 0.3) is 0 Å². The summed E-state index contributed by atoms with van der Waals surface area (Å²) < 4.78 is 12.0. The Labute approximate surface area is 150 Å². The van der Waals surface area contributed by atoms with Gasteiger partial charge in [0.2, 0.25) is 0 Å². The van der Waals surface area contributed by atoms with Gasteiger partial charge < -0.3 is 20.1 Å². The van der Waals surface area contributed by atoms with E-state index in [2.05, 4.69) is 37.8 Å². The van der Waals surface area contributed by atoms with Gasteiger partial charge in [-0.25, -0.2) is 0 Å². The Hall–Kier alpha value is -2.36. The van der Waals surface area contributed by atoms with Crippen LogP contribution in [0.25, 0.3) is 0 Å². The Morgan fingerprint density at radius 1 is 1.16 bits per heavy atom. The monoisotopic (exact) mass is 340 g/mol. The van der Waals surface area contributed by atoms with Crippen molar-refractivity contribution in [2.75, 3.05) is 30.3 Å². The van der Waals surface area contributed by atoms with E-state index in [1.54, 1.807) is 0 Å². The summed E-state index contributed by atoms with van der Waals surface area (Å²) in [6.07, 6.45) is 2.00. The van der Waals surface area contributed by atoms with Gasteiger partial charge >= 0.3 is 0 Å². The zero-order chi connectivity index (χ0) is 17.9. The Kier molecular flexibility index (Phi) is 5.07. The average Bonchev–Trinajstić information content (AvgIpc) is 2.59. The molecule has 0 radical (unpaired) electrons. The van der Waals surface area contributed by atoms with Crippen molar-refractivity contribution < 1.29 is 9.47 Å². The number of nitrogen functional groups attached to an aromatic ring is 1. The highest BCUT2D eigenvalue weighted by molar-refractivity contribution is 5.66. The second-order valence-corrected chi connectivity index (χ2v) is 7.21. The number of hydrogen-bond acceptors (Lipinski definition) is 4. The molecule has 1 aliphatic heterocycles. The number of aryl methyl sites for hydroxylation is 1. The number of hydrogen-bond donors (Lipinski definition) is 1. The van der Waals surface area contributed by atoms with E-state index < -0.39 is 0 Å². The maximum Gasteiger partial charge on any atom is 0.143 e. The number of anilines is 2. The fraction of sp³-hybridized carbons (Fsp3) is 0.429. The summed E-state index contributed by atoms with van der Waals surface area (Å²) in [5.41, 5.74) is 8.92. The number of nitrogens with two attached hydrogens (primary N) is 1. The molecule has 0 unspecified atom stereocenters. The molecule has 0 atom stereocenters. The standard InChI is InChI=1S/C21H28N2O2/c1-4-16-6-9-18(10-7-16)24-13-5-12-23-15-21(2,3)25-20-11-8-17(22)14-19(20)23/h6-11,14H,4-5,12-13,15,22H2,1-3H3. The fourth-order valence-corrected chi connectivity index (χ4v) is 3.21. The molecule has 1 heterocycles. The maximum atomic E-state index is 6.07. The minimum atomic E-state index is -0.208. The summed E-state index contributed by atoms with van der Waals surface area (Å²) in [5, 5.41) is 0. The van der Waals surface area contributed by atoms with Gasteiger partial charge in [-0.2, -0.15) is 0 Å². The number of fused-ring (bicyclic) bond motifs is 1. The number of ether oxygens (including phenoxy) is 2. The first-order valence-electron chi connectivity index (χ1n) is 9.02. The van der Waals surface area contributed by atoms with E-state index in [0.717, 1.165) is 48.8 Å². The van der Waals surface area contributed by atoms with E-state index >= 15 is 0 Å². The smallest absolute Gasteiger partial charge is 0.143 e. The first-order chi connectivity index (χ1) is 12.0. The lowest BCUT2D eigenvalue weighted by Crippen LogP contribution is -2.47. The summed E-state index contributed by atoms with van der Waals surface area (Å²) in [5.74, 6) is 1.84. The summed E-state index contributed by atoms with van der Waals surface area (Å²) in [4.78, 5) is 2.35. The molecule has 2 aromatic rings. The normalized spacial score (nSPS) is 15.4. The molecule has 0 bridgehead atoms. The van der Waals surface area contributed by atoms with Gasteiger partial charge in [0.1, 0.15) is 17.1 Å². The van der Waals surface area contributed by atoms with Crippen LogP contribution >= 0.6 is 0 Å². The van der Waals surface area contributed by atoms with Gasteiger partial charge in [0.15, 0.2) is 0 Å². The molecule has 0 saturated carbocycles. The summed E-state index contributed by atoms with van der Waals surface area (Å²) in [6, 6.07) is 14.2. The molecule has 0 saturated heterocycles. The zero-order valence-electron chi connectivity index (χ0n) is 15.4. The molecule has 2 N–H and O–H groups in total. The van der Waals surface area contributed by atoms with Crippen molar-refractivity contribution in [3.8, 4) is 11.5 Å². The van der Waals surface area contributed by atoms with Crippen LogP contribution in [0.15, 0.2) is 42.5 Å². The van der Waals surface area contributed by atoms with Crippen molar-refractivity contribution in [3.05, 3.63) is 48.0 Å².